The molecule has 0 heterocycles. The van der Waals surface area contributed by atoms with Gasteiger partial charge >= 0.3 is 12.4 Å². The molecule has 0 bridgehead atoms. The van der Waals surface area contributed by atoms with E-state index >= 15 is 0 Å². The summed E-state index contributed by atoms with van der Waals surface area (Å²) < 4.78 is 70.8. The summed E-state index contributed by atoms with van der Waals surface area (Å²) >= 11 is 0. The van der Waals surface area contributed by atoms with Crippen molar-refractivity contribution in [3.63, 3.8) is 0 Å². The minimum atomic E-state index is -5.40. The van der Waals surface area contributed by atoms with Gasteiger partial charge in [-0.05, 0) is 0 Å². The fourth-order valence-corrected chi connectivity index (χ4v) is 0.758. The van der Waals surface area contributed by atoms with Crippen LogP contribution in [0.4, 0.5) is 26.3 Å². The molecule has 0 rings (SSSR count). The lowest BCUT2D eigenvalue weighted by Gasteiger charge is -2.25. The average molecular weight is 207 g/mol. The van der Waals surface area contributed by atoms with E-state index in [4.69, 9.17) is 0 Å². The number of hydrogen-bond donors (Lipinski definition) is 1. The highest BCUT2D eigenvalue weighted by Crippen LogP contribution is 2.40. The number of nitrogens with two attached hydrogens (primary N) is 1. The van der Waals surface area contributed by atoms with Crippen molar-refractivity contribution in [3.05, 3.63) is 12.7 Å². The van der Waals surface area contributed by atoms with E-state index in [2.05, 4.69) is 12.3 Å². The number of hydrogen-bond acceptors (Lipinski definition) is 1. The monoisotopic (exact) mass is 207 g/mol. The predicted octanol–water partition coefficient (Wildman–Crippen LogP) is 2.24. The van der Waals surface area contributed by atoms with Crippen molar-refractivity contribution in [2.75, 3.05) is 0 Å². The molecule has 0 aliphatic carbocycles. The van der Waals surface area contributed by atoms with Crippen molar-refractivity contribution in [2.45, 2.75) is 18.4 Å². The minimum Gasteiger partial charge on any atom is -0.324 e. The Kier molecular flexibility index (Phi) is 3.37. The van der Waals surface area contributed by atoms with Crippen LogP contribution in [0.15, 0.2) is 12.7 Å². The van der Waals surface area contributed by atoms with Gasteiger partial charge in [0, 0.05) is 6.04 Å². The Labute approximate surface area is 70.2 Å². The molecule has 0 saturated heterocycles. The number of halogens is 6. The van der Waals surface area contributed by atoms with Crippen LogP contribution in [0.25, 0.3) is 0 Å². The van der Waals surface area contributed by atoms with E-state index < -0.39 is 24.3 Å². The third kappa shape index (κ3) is 3.25. The van der Waals surface area contributed by atoms with Crippen LogP contribution < -0.4 is 5.73 Å². The Morgan fingerprint density at radius 1 is 1.00 bits per heavy atom. The van der Waals surface area contributed by atoms with Crippen LogP contribution >= 0.6 is 0 Å². The molecule has 1 unspecified atom stereocenters. The molecule has 0 saturated carbocycles. The molecule has 0 aromatic heterocycles. The summed E-state index contributed by atoms with van der Waals surface area (Å²) in [4.78, 5) is 0. The molecule has 0 aromatic carbocycles. The quantitative estimate of drug-likeness (QED) is 0.545. The fourth-order valence-electron chi connectivity index (χ4n) is 0.758. The normalized spacial score (nSPS) is 16.0. The van der Waals surface area contributed by atoms with Crippen LogP contribution in [0, 0.1) is 5.92 Å². The molecule has 1 nitrogen and oxygen atoms in total. The zero-order chi connectivity index (χ0) is 10.9. The summed E-state index contributed by atoms with van der Waals surface area (Å²) in [6.45, 7) is 2.78. The molecule has 13 heavy (non-hydrogen) atoms. The molecule has 1 atom stereocenters. The Hall–Kier alpha value is -0.720. The third-order valence-corrected chi connectivity index (χ3v) is 1.36. The SMILES string of the molecule is C=CC(N)C(C(F)(F)F)C(F)(F)F. The third-order valence-electron chi connectivity index (χ3n) is 1.36. The van der Waals surface area contributed by atoms with Crippen LogP contribution in [-0.4, -0.2) is 18.4 Å². The first-order valence-corrected chi connectivity index (χ1v) is 3.12. The predicted molar refractivity (Wildman–Crippen MR) is 33.8 cm³/mol. The van der Waals surface area contributed by atoms with Gasteiger partial charge in [-0.2, -0.15) is 26.3 Å². The van der Waals surface area contributed by atoms with E-state index in [-0.39, 0.29) is 0 Å². The molecule has 0 spiro atoms. The van der Waals surface area contributed by atoms with Crippen molar-refractivity contribution < 1.29 is 26.3 Å². The van der Waals surface area contributed by atoms with Gasteiger partial charge in [0.1, 0.15) is 0 Å². The smallest absolute Gasteiger partial charge is 0.324 e. The fraction of sp³-hybridized carbons (Fsp3) is 0.667. The van der Waals surface area contributed by atoms with Crippen LogP contribution in [0.1, 0.15) is 0 Å². The van der Waals surface area contributed by atoms with E-state index in [1.54, 1.807) is 0 Å². The molecular formula is C6H7F6N. The lowest BCUT2D eigenvalue weighted by molar-refractivity contribution is -0.286. The van der Waals surface area contributed by atoms with Gasteiger partial charge in [-0.3, -0.25) is 0 Å². The summed E-state index contributed by atoms with van der Waals surface area (Å²) in [5, 5.41) is 0. The van der Waals surface area contributed by atoms with Crippen molar-refractivity contribution in [2.24, 2.45) is 11.7 Å². The lowest BCUT2D eigenvalue weighted by Crippen LogP contribution is -2.47. The van der Waals surface area contributed by atoms with E-state index in [1.165, 1.54) is 0 Å². The molecule has 0 fully saturated rings. The Morgan fingerprint density at radius 2 is 1.31 bits per heavy atom. The first-order chi connectivity index (χ1) is 5.60. The molecule has 0 aromatic rings. The molecule has 7 heteroatoms. The standard InChI is InChI=1S/C6H7F6N/c1-2-3(13)4(5(7,8)9)6(10,11)12/h2-4H,1,13H2. The van der Waals surface area contributed by atoms with Gasteiger partial charge in [0.15, 0.2) is 5.92 Å². The maximum Gasteiger partial charge on any atom is 0.402 e. The first-order valence-electron chi connectivity index (χ1n) is 3.12. The summed E-state index contributed by atoms with van der Waals surface area (Å²) in [5.74, 6) is -3.54. The molecule has 0 aliphatic heterocycles. The minimum absolute atomic E-state index is 0.422. The zero-order valence-electron chi connectivity index (χ0n) is 6.28. The van der Waals surface area contributed by atoms with Gasteiger partial charge in [-0.1, -0.05) is 6.08 Å². The summed E-state index contributed by atoms with van der Waals surface area (Å²) in [5.41, 5.74) is 4.63. The Bertz CT molecular complexity index is 167. The van der Waals surface area contributed by atoms with Crippen LogP contribution in [0.3, 0.4) is 0 Å². The van der Waals surface area contributed by atoms with Crippen LogP contribution in [0.2, 0.25) is 0 Å². The molecular weight excluding hydrogens is 200 g/mol. The molecule has 0 amide bonds. The van der Waals surface area contributed by atoms with Crippen LogP contribution in [-0.2, 0) is 0 Å². The Balaban J connectivity index is 4.88. The summed E-state index contributed by atoms with van der Waals surface area (Å²) in [6, 6.07) is -2.17. The van der Waals surface area contributed by atoms with Crippen molar-refractivity contribution in [1.82, 2.24) is 0 Å². The highest BCUT2D eigenvalue weighted by molar-refractivity contribution is 4.95. The van der Waals surface area contributed by atoms with Gasteiger partial charge in [0.05, 0.1) is 0 Å². The summed E-state index contributed by atoms with van der Waals surface area (Å²) in [7, 11) is 0. The van der Waals surface area contributed by atoms with Crippen molar-refractivity contribution in [1.29, 1.82) is 0 Å². The van der Waals surface area contributed by atoms with Gasteiger partial charge < -0.3 is 5.73 Å². The second-order valence-electron chi connectivity index (χ2n) is 2.37. The second kappa shape index (κ2) is 3.57. The topological polar surface area (TPSA) is 26.0 Å². The van der Waals surface area contributed by atoms with E-state index in [0.29, 0.717) is 6.08 Å². The lowest BCUT2D eigenvalue weighted by atomic mass is 9.99. The van der Waals surface area contributed by atoms with Gasteiger partial charge in [-0.25, -0.2) is 0 Å². The number of rotatable bonds is 2. The largest absolute Gasteiger partial charge is 0.402 e. The Morgan fingerprint density at radius 3 is 1.38 bits per heavy atom. The molecule has 0 radical (unpaired) electrons. The summed E-state index contributed by atoms with van der Waals surface area (Å²) in [6.07, 6.45) is -10.4. The molecule has 0 aliphatic rings. The highest BCUT2D eigenvalue weighted by Gasteiger charge is 2.58. The van der Waals surface area contributed by atoms with Crippen molar-refractivity contribution >= 4 is 0 Å². The van der Waals surface area contributed by atoms with Gasteiger partial charge in [0.25, 0.3) is 0 Å². The maximum absolute atomic E-state index is 11.8. The molecule has 2 N–H and O–H groups in total. The maximum atomic E-state index is 11.8. The van der Waals surface area contributed by atoms with Gasteiger partial charge in [-0.15, -0.1) is 6.58 Å². The zero-order valence-corrected chi connectivity index (χ0v) is 6.28. The first kappa shape index (κ1) is 12.3. The number of alkyl halides is 6. The second-order valence-corrected chi connectivity index (χ2v) is 2.37. The highest BCUT2D eigenvalue weighted by atomic mass is 19.4. The van der Waals surface area contributed by atoms with E-state index in [1.807, 2.05) is 0 Å². The molecule has 78 valence electrons. The van der Waals surface area contributed by atoms with Crippen molar-refractivity contribution in [3.8, 4) is 0 Å². The van der Waals surface area contributed by atoms with E-state index in [0.717, 1.165) is 0 Å². The van der Waals surface area contributed by atoms with Crippen LogP contribution in [0.5, 0.6) is 0 Å². The van der Waals surface area contributed by atoms with Gasteiger partial charge in [0.2, 0.25) is 0 Å². The van der Waals surface area contributed by atoms with E-state index in [9.17, 15) is 26.3 Å². The average Bonchev–Trinajstić information content (AvgIpc) is 1.80.